The molecule has 0 bridgehead atoms. The van der Waals surface area contributed by atoms with Gasteiger partial charge < -0.3 is 14.7 Å². The van der Waals surface area contributed by atoms with E-state index in [1.807, 2.05) is 31.2 Å². The number of hydrogen-bond donors (Lipinski definition) is 1. The van der Waals surface area contributed by atoms with Crippen molar-refractivity contribution >= 4 is 5.91 Å². The number of carbonyl (C=O) groups is 1. The first kappa shape index (κ1) is 14.8. The van der Waals surface area contributed by atoms with Gasteiger partial charge in [0, 0.05) is 6.42 Å². The van der Waals surface area contributed by atoms with Gasteiger partial charge in [0.2, 0.25) is 5.91 Å². The zero-order valence-corrected chi connectivity index (χ0v) is 11.6. The minimum absolute atomic E-state index is 0.0844. The fourth-order valence-corrected chi connectivity index (χ4v) is 2.48. The molecule has 20 heavy (non-hydrogen) atoms. The first-order valence-electron chi connectivity index (χ1n) is 6.90. The number of aliphatic hydroxyl groups is 1. The molecule has 2 rings (SSSR count). The molecule has 1 fully saturated rings. The molecule has 2 atom stereocenters. The number of aliphatic hydroxyl groups excluding tert-OH is 1. The van der Waals surface area contributed by atoms with Crippen LogP contribution in [0.3, 0.4) is 0 Å². The van der Waals surface area contributed by atoms with Gasteiger partial charge in [0.1, 0.15) is 11.9 Å². The number of ether oxygens (including phenoxy) is 1. The van der Waals surface area contributed by atoms with E-state index < -0.39 is 6.17 Å². The van der Waals surface area contributed by atoms with Crippen molar-refractivity contribution in [2.24, 2.45) is 0 Å². The van der Waals surface area contributed by atoms with Crippen LogP contribution in [0.2, 0.25) is 0 Å². The number of rotatable bonds is 5. The summed E-state index contributed by atoms with van der Waals surface area (Å²) in [6, 6.07) is 6.91. The van der Waals surface area contributed by atoms with Crippen LogP contribution in [0.1, 0.15) is 18.9 Å². The lowest BCUT2D eigenvalue weighted by Gasteiger charge is -2.22. The highest BCUT2D eigenvalue weighted by atomic mass is 19.1. The van der Waals surface area contributed by atoms with Crippen LogP contribution in [-0.4, -0.2) is 47.9 Å². The maximum absolute atomic E-state index is 13.3. The van der Waals surface area contributed by atoms with E-state index in [2.05, 4.69) is 0 Å². The Hall–Kier alpha value is -1.62. The minimum atomic E-state index is -1.03. The van der Waals surface area contributed by atoms with Gasteiger partial charge in [-0.15, -0.1) is 0 Å². The predicted molar refractivity (Wildman–Crippen MR) is 73.4 cm³/mol. The smallest absolute Gasteiger partial charge is 0.227 e. The molecule has 5 heteroatoms. The van der Waals surface area contributed by atoms with Crippen LogP contribution >= 0.6 is 0 Å². The van der Waals surface area contributed by atoms with E-state index in [4.69, 9.17) is 4.74 Å². The molecule has 1 heterocycles. The number of alkyl halides is 1. The van der Waals surface area contributed by atoms with Crippen LogP contribution in [0.4, 0.5) is 4.39 Å². The monoisotopic (exact) mass is 281 g/mol. The van der Waals surface area contributed by atoms with Crippen molar-refractivity contribution in [1.82, 2.24) is 4.90 Å². The maximum atomic E-state index is 13.3. The predicted octanol–water partition coefficient (Wildman–Crippen LogP) is 1.56. The Morgan fingerprint density at radius 1 is 1.45 bits per heavy atom. The number of nitrogens with zero attached hydrogens (tertiary/aromatic N) is 1. The largest absolute Gasteiger partial charge is 0.494 e. The molecule has 0 spiro atoms. The summed E-state index contributed by atoms with van der Waals surface area (Å²) in [5.41, 5.74) is 0.859. The lowest BCUT2D eigenvalue weighted by Crippen LogP contribution is -2.38. The summed E-state index contributed by atoms with van der Waals surface area (Å²) in [4.78, 5) is 13.6. The van der Waals surface area contributed by atoms with Crippen molar-refractivity contribution in [3.8, 4) is 5.75 Å². The Balaban J connectivity index is 1.97. The number of amides is 1. The summed E-state index contributed by atoms with van der Waals surface area (Å²) in [6.07, 6.45) is -0.586. The van der Waals surface area contributed by atoms with Gasteiger partial charge in [0.25, 0.3) is 0 Å². The lowest BCUT2D eigenvalue weighted by molar-refractivity contribution is -0.132. The average Bonchev–Trinajstić information content (AvgIpc) is 2.82. The Morgan fingerprint density at radius 3 is 2.75 bits per heavy atom. The Bertz CT molecular complexity index is 449. The van der Waals surface area contributed by atoms with E-state index in [1.165, 1.54) is 4.90 Å². The van der Waals surface area contributed by atoms with Crippen LogP contribution in [0.25, 0.3) is 0 Å². The fourth-order valence-electron chi connectivity index (χ4n) is 2.48. The van der Waals surface area contributed by atoms with E-state index in [0.717, 1.165) is 11.3 Å². The fraction of sp³-hybridized carbons (Fsp3) is 0.533. The summed E-state index contributed by atoms with van der Waals surface area (Å²) in [5.74, 6) is 0.621. The van der Waals surface area contributed by atoms with E-state index >= 15 is 0 Å². The number of carbonyl (C=O) groups excluding carboxylic acids is 1. The molecular formula is C15H20FNO3. The number of likely N-dealkylation sites (tertiary alicyclic amines) is 1. The second-order valence-corrected chi connectivity index (χ2v) is 4.97. The molecule has 0 aliphatic carbocycles. The van der Waals surface area contributed by atoms with Gasteiger partial charge in [0.15, 0.2) is 0 Å². The van der Waals surface area contributed by atoms with E-state index in [9.17, 15) is 14.3 Å². The van der Waals surface area contributed by atoms with Crippen LogP contribution in [0.15, 0.2) is 24.3 Å². The summed E-state index contributed by atoms with van der Waals surface area (Å²) < 4.78 is 18.7. The highest BCUT2D eigenvalue weighted by molar-refractivity contribution is 5.79. The topological polar surface area (TPSA) is 49.8 Å². The zero-order valence-electron chi connectivity index (χ0n) is 11.6. The van der Waals surface area contributed by atoms with E-state index in [1.54, 1.807) is 0 Å². The lowest BCUT2D eigenvalue weighted by atomic mass is 10.1. The molecule has 110 valence electrons. The third kappa shape index (κ3) is 3.48. The van der Waals surface area contributed by atoms with Crippen LogP contribution in [0.5, 0.6) is 5.75 Å². The van der Waals surface area contributed by atoms with Crippen molar-refractivity contribution < 1.29 is 19.0 Å². The van der Waals surface area contributed by atoms with Crippen LogP contribution in [0, 0.1) is 0 Å². The molecule has 0 saturated carbocycles. The first-order valence-corrected chi connectivity index (χ1v) is 6.90. The first-order chi connectivity index (χ1) is 9.63. The van der Waals surface area contributed by atoms with Gasteiger partial charge in [-0.3, -0.25) is 4.79 Å². The van der Waals surface area contributed by atoms with Crippen LogP contribution in [-0.2, 0) is 11.2 Å². The third-order valence-electron chi connectivity index (χ3n) is 3.48. The van der Waals surface area contributed by atoms with Crippen molar-refractivity contribution in [2.45, 2.75) is 32.0 Å². The van der Waals surface area contributed by atoms with Crippen molar-refractivity contribution in [2.75, 3.05) is 19.8 Å². The average molecular weight is 281 g/mol. The quantitative estimate of drug-likeness (QED) is 0.891. The minimum Gasteiger partial charge on any atom is -0.494 e. The Labute approximate surface area is 118 Å². The molecule has 0 radical (unpaired) electrons. The number of halogens is 1. The number of hydrogen-bond acceptors (Lipinski definition) is 3. The van der Waals surface area contributed by atoms with E-state index in [0.29, 0.717) is 6.61 Å². The summed E-state index contributed by atoms with van der Waals surface area (Å²) in [7, 11) is 0. The number of benzene rings is 1. The molecule has 1 N–H and O–H groups in total. The molecule has 1 saturated heterocycles. The summed E-state index contributed by atoms with van der Waals surface area (Å²) >= 11 is 0. The standard InChI is InChI=1S/C15H20FNO3/c1-2-20-14-5-3-11(4-6-14)7-15(19)17-9-12(16)8-13(17)10-18/h3-6,12-13,18H,2,7-10H2,1H3/t12-,13-/m0/s1. The third-order valence-corrected chi connectivity index (χ3v) is 3.48. The normalized spacial score (nSPS) is 22.1. The Morgan fingerprint density at radius 2 is 2.15 bits per heavy atom. The van der Waals surface area contributed by atoms with E-state index in [-0.39, 0.29) is 37.9 Å². The highest BCUT2D eigenvalue weighted by Crippen LogP contribution is 2.21. The molecule has 0 aromatic heterocycles. The summed E-state index contributed by atoms with van der Waals surface area (Å²) in [6.45, 7) is 2.41. The van der Waals surface area contributed by atoms with Gasteiger partial charge in [-0.2, -0.15) is 0 Å². The maximum Gasteiger partial charge on any atom is 0.227 e. The second kappa shape index (κ2) is 6.70. The van der Waals surface area contributed by atoms with Crippen molar-refractivity contribution in [1.29, 1.82) is 0 Å². The second-order valence-electron chi connectivity index (χ2n) is 4.97. The zero-order chi connectivity index (χ0) is 14.5. The molecular weight excluding hydrogens is 261 g/mol. The Kier molecular flexibility index (Phi) is 4.95. The SMILES string of the molecule is CCOc1ccc(CC(=O)N2C[C@@H](F)C[C@H]2CO)cc1. The molecule has 1 aromatic carbocycles. The molecule has 1 aromatic rings. The van der Waals surface area contributed by atoms with Gasteiger partial charge in [-0.25, -0.2) is 4.39 Å². The van der Waals surface area contributed by atoms with Gasteiger partial charge >= 0.3 is 0 Å². The molecule has 4 nitrogen and oxygen atoms in total. The van der Waals surface area contributed by atoms with Gasteiger partial charge in [0.05, 0.1) is 32.2 Å². The molecule has 1 amide bonds. The highest BCUT2D eigenvalue weighted by Gasteiger charge is 2.34. The van der Waals surface area contributed by atoms with Crippen molar-refractivity contribution in [3.05, 3.63) is 29.8 Å². The van der Waals surface area contributed by atoms with Crippen molar-refractivity contribution in [3.63, 3.8) is 0 Å². The molecule has 1 aliphatic heterocycles. The summed E-state index contributed by atoms with van der Waals surface area (Å²) in [5, 5.41) is 9.19. The molecule has 1 aliphatic rings. The van der Waals surface area contributed by atoms with Gasteiger partial charge in [-0.05, 0) is 24.6 Å². The van der Waals surface area contributed by atoms with Gasteiger partial charge in [-0.1, -0.05) is 12.1 Å². The van der Waals surface area contributed by atoms with Crippen LogP contribution < -0.4 is 4.74 Å². The molecule has 0 unspecified atom stereocenters.